The summed E-state index contributed by atoms with van der Waals surface area (Å²) < 4.78 is 17.0. The lowest BCUT2D eigenvalue weighted by Crippen LogP contribution is -2.20. The highest BCUT2D eigenvalue weighted by Gasteiger charge is 2.18. The van der Waals surface area contributed by atoms with E-state index < -0.39 is 0 Å². The molecule has 0 aliphatic rings. The lowest BCUT2D eigenvalue weighted by molar-refractivity contribution is 0.607. The van der Waals surface area contributed by atoms with E-state index in [1.165, 1.54) is 6.07 Å². The lowest BCUT2D eigenvalue weighted by Gasteiger charge is -2.24. The quantitative estimate of drug-likeness (QED) is 0.585. The number of nitrogens with zero attached hydrogens (tertiary/aromatic N) is 4. The van der Waals surface area contributed by atoms with Gasteiger partial charge in [0.2, 0.25) is 5.95 Å². The predicted octanol–water partition coefficient (Wildman–Crippen LogP) is 5.09. The zero-order valence-corrected chi connectivity index (χ0v) is 16.2. The number of anilines is 2. The Morgan fingerprint density at radius 1 is 1.23 bits per heavy atom. The molecule has 0 N–H and O–H groups in total. The van der Waals surface area contributed by atoms with Gasteiger partial charge >= 0.3 is 0 Å². The van der Waals surface area contributed by atoms with Gasteiger partial charge in [0, 0.05) is 24.5 Å². The highest BCUT2D eigenvalue weighted by Crippen LogP contribution is 2.29. The average Bonchev–Trinajstić information content (AvgIpc) is 2.99. The largest absolute Gasteiger partial charge is 0.319 e. The topological polar surface area (TPSA) is 44.9 Å². The van der Waals surface area contributed by atoms with Crippen molar-refractivity contribution in [2.45, 2.75) is 19.9 Å². The molecule has 2 aromatic carbocycles. The molecule has 6 heteroatoms. The molecule has 3 rings (SSSR count). The van der Waals surface area contributed by atoms with Gasteiger partial charge in [0.15, 0.2) is 0 Å². The van der Waals surface area contributed by atoms with Crippen molar-refractivity contribution < 1.29 is 4.39 Å². The second-order valence-electron chi connectivity index (χ2n) is 6.00. The maximum atomic E-state index is 14.4. The van der Waals surface area contributed by atoms with Crippen molar-refractivity contribution in [2.75, 3.05) is 4.90 Å². The number of aromatic nitrogens is 2. The summed E-state index contributed by atoms with van der Waals surface area (Å²) in [5.74, 6) is 0.442. The molecule has 4 nitrogen and oxygen atoms in total. The first-order chi connectivity index (χ1) is 12.5. The molecule has 0 saturated carbocycles. The molecule has 0 bridgehead atoms. The van der Waals surface area contributed by atoms with Gasteiger partial charge in [0.25, 0.3) is 0 Å². The lowest BCUT2D eigenvalue weighted by atomic mass is 10.1. The van der Waals surface area contributed by atoms with Crippen molar-refractivity contribution in [3.8, 4) is 6.07 Å². The van der Waals surface area contributed by atoms with Crippen LogP contribution in [0.5, 0.6) is 0 Å². The van der Waals surface area contributed by atoms with Crippen LogP contribution in [0.4, 0.5) is 16.0 Å². The normalized spacial score (nSPS) is 10.6. The number of nitriles is 1. The van der Waals surface area contributed by atoms with Gasteiger partial charge in [0.05, 0.1) is 18.2 Å². The standard InChI is InChI=1S/C20H18BrFN4/c1-3-14-6-9-18(22)16(10-14)12-26(20-24-19(21)13-25(20)2)17-7-4-15(11-23)5-8-17/h4-10,13H,3,12H2,1-2H3. The third-order valence-electron chi connectivity index (χ3n) is 4.22. The number of hydrogen-bond donors (Lipinski definition) is 0. The maximum Gasteiger partial charge on any atom is 0.211 e. The van der Waals surface area contributed by atoms with Gasteiger partial charge in [-0.15, -0.1) is 0 Å². The van der Waals surface area contributed by atoms with E-state index in [9.17, 15) is 4.39 Å². The molecule has 0 atom stereocenters. The molecular weight excluding hydrogens is 395 g/mol. The summed E-state index contributed by atoms with van der Waals surface area (Å²) in [6, 6.07) is 14.5. The van der Waals surface area contributed by atoms with Crippen LogP contribution in [0.25, 0.3) is 0 Å². The fourth-order valence-corrected chi connectivity index (χ4v) is 3.27. The van der Waals surface area contributed by atoms with Gasteiger partial charge < -0.3 is 9.47 Å². The Morgan fingerprint density at radius 2 is 1.96 bits per heavy atom. The van der Waals surface area contributed by atoms with Crippen molar-refractivity contribution in [3.63, 3.8) is 0 Å². The van der Waals surface area contributed by atoms with E-state index >= 15 is 0 Å². The highest BCUT2D eigenvalue weighted by molar-refractivity contribution is 9.10. The molecule has 0 spiro atoms. The van der Waals surface area contributed by atoms with Crippen LogP contribution in [0.1, 0.15) is 23.6 Å². The second kappa shape index (κ2) is 7.71. The molecule has 1 heterocycles. The van der Waals surface area contributed by atoms with E-state index in [0.29, 0.717) is 28.2 Å². The van der Waals surface area contributed by atoms with Gasteiger partial charge in [-0.3, -0.25) is 0 Å². The van der Waals surface area contributed by atoms with Gasteiger partial charge in [-0.05, 0) is 58.2 Å². The van der Waals surface area contributed by atoms with Crippen molar-refractivity contribution in [1.29, 1.82) is 5.26 Å². The number of aryl methyl sites for hydroxylation is 2. The number of hydrogen-bond acceptors (Lipinski definition) is 3. The molecule has 0 aliphatic carbocycles. The van der Waals surface area contributed by atoms with Crippen LogP contribution >= 0.6 is 15.9 Å². The summed E-state index contributed by atoms with van der Waals surface area (Å²) in [5, 5.41) is 9.02. The first-order valence-electron chi connectivity index (χ1n) is 8.25. The Kier molecular flexibility index (Phi) is 5.38. The Labute approximate surface area is 160 Å². The zero-order chi connectivity index (χ0) is 18.7. The molecule has 1 aromatic heterocycles. The van der Waals surface area contributed by atoms with Crippen LogP contribution in [0, 0.1) is 17.1 Å². The fraction of sp³-hybridized carbons (Fsp3) is 0.200. The SMILES string of the molecule is CCc1ccc(F)c(CN(c2ccc(C#N)cc2)c2nc(Br)cn2C)c1. The molecule has 0 aliphatic heterocycles. The van der Waals surface area contributed by atoms with E-state index in [-0.39, 0.29) is 5.82 Å². The highest BCUT2D eigenvalue weighted by atomic mass is 79.9. The van der Waals surface area contributed by atoms with E-state index in [0.717, 1.165) is 17.7 Å². The molecule has 0 unspecified atom stereocenters. The molecule has 0 radical (unpaired) electrons. The third kappa shape index (κ3) is 3.78. The van der Waals surface area contributed by atoms with Gasteiger partial charge in [0.1, 0.15) is 10.4 Å². The van der Waals surface area contributed by atoms with Gasteiger partial charge in [-0.25, -0.2) is 9.37 Å². The Balaban J connectivity index is 2.06. The summed E-state index contributed by atoms with van der Waals surface area (Å²) in [6.07, 6.45) is 2.70. The summed E-state index contributed by atoms with van der Waals surface area (Å²) in [7, 11) is 1.89. The van der Waals surface area contributed by atoms with Crippen LogP contribution in [0.2, 0.25) is 0 Å². The third-order valence-corrected chi connectivity index (χ3v) is 4.60. The minimum absolute atomic E-state index is 0.242. The molecule has 26 heavy (non-hydrogen) atoms. The number of benzene rings is 2. The second-order valence-corrected chi connectivity index (χ2v) is 6.81. The van der Waals surface area contributed by atoms with E-state index in [4.69, 9.17) is 5.26 Å². The molecular formula is C20H18BrFN4. The summed E-state index contributed by atoms with van der Waals surface area (Å²) in [5.41, 5.74) is 3.11. The van der Waals surface area contributed by atoms with Crippen molar-refractivity contribution >= 4 is 27.6 Å². The van der Waals surface area contributed by atoms with Crippen LogP contribution < -0.4 is 4.90 Å². The first-order valence-corrected chi connectivity index (χ1v) is 9.05. The van der Waals surface area contributed by atoms with Crippen LogP contribution in [-0.4, -0.2) is 9.55 Å². The fourth-order valence-electron chi connectivity index (χ4n) is 2.80. The van der Waals surface area contributed by atoms with E-state index in [1.54, 1.807) is 12.1 Å². The molecule has 3 aromatic rings. The minimum Gasteiger partial charge on any atom is -0.319 e. The van der Waals surface area contributed by atoms with Crippen LogP contribution in [-0.2, 0) is 20.0 Å². The van der Waals surface area contributed by atoms with E-state index in [1.807, 2.05) is 53.9 Å². The van der Waals surface area contributed by atoms with Crippen LogP contribution in [0.3, 0.4) is 0 Å². The van der Waals surface area contributed by atoms with Crippen molar-refractivity contribution in [3.05, 3.63) is 75.8 Å². The Morgan fingerprint density at radius 3 is 2.54 bits per heavy atom. The zero-order valence-electron chi connectivity index (χ0n) is 14.6. The summed E-state index contributed by atoms with van der Waals surface area (Å²) in [6.45, 7) is 2.38. The minimum atomic E-state index is -0.242. The molecule has 132 valence electrons. The van der Waals surface area contributed by atoms with Gasteiger partial charge in [-0.1, -0.05) is 19.1 Å². The smallest absolute Gasteiger partial charge is 0.211 e. The number of halogens is 2. The Hall–Kier alpha value is -2.65. The monoisotopic (exact) mass is 412 g/mol. The van der Waals surface area contributed by atoms with Crippen molar-refractivity contribution in [2.24, 2.45) is 7.05 Å². The Bertz CT molecular complexity index is 957. The molecule has 0 saturated heterocycles. The summed E-state index contributed by atoms with van der Waals surface area (Å²) in [4.78, 5) is 6.45. The maximum absolute atomic E-state index is 14.4. The van der Waals surface area contributed by atoms with Gasteiger partial charge in [-0.2, -0.15) is 5.26 Å². The number of imidazole rings is 1. The van der Waals surface area contributed by atoms with Crippen LogP contribution in [0.15, 0.2) is 53.3 Å². The summed E-state index contributed by atoms with van der Waals surface area (Å²) >= 11 is 3.39. The molecule has 0 amide bonds. The first kappa shape index (κ1) is 18.2. The molecule has 0 fully saturated rings. The number of rotatable bonds is 5. The van der Waals surface area contributed by atoms with E-state index in [2.05, 4.69) is 27.0 Å². The average molecular weight is 413 g/mol. The predicted molar refractivity (Wildman–Crippen MR) is 104 cm³/mol. The van der Waals surface area contributed by atoms with Crippen molar-refractivity contribution in [1.82, 2.24) is 9.55 Å².